The zero-order valence-electron chi connectivity index (χ0n) is 9.93. The van der Waals surface area contributed by atoms with Gasteiger partial charge in [0.2, 0.25) is 0 Å². The minimum absolute atomic E-state index is 0.130. The fraction of sp³-hybridized carbons (Fsp3) is 0.417. The Bertz CT molecular complexity index is 379. The fourth-order valence-electron chi connectivity index (χ4n) is 1.34. The zero-order valence-corrected chi connectivity index (χ0v) is 10.8. The normalized spacial score (nSPS) is 10.0. The van der Waals surface area contributed by atoms with Crippen LogP contribution in [0.4, 0.5) is 0 Å². The first-order valence-electron chi connectivity index (χ1n) is 5.31. The van der Waals surface area contributed by atoms with Gasteiger partial charge in [-0.05, 0) is 17.9 Å². The topological polar surface area (TPSA) is 55.8 Å². The highest BCUT2D eigenvalue weighted by Crippen LogP contribution is 2.31. The lowest BCUT2D eigenvalue weighted by Crippen LogP contribution is -2.07. The van der Waals surface area contributed by atoms with E-state index >= 15 is 0 Å². The van der Waals surface area contributed by atoms with Gasteiger partial charge >= 0.3 is 5.97 Å². The molecule has 0 saturated heterocycles. The number of carboxylic acids is 1. The Kier molecular flexibility index (Phi) is 5.69. The third-order valence-electron chi connectivity index (χ3n) is 2.11. The summed E-state index contributed by atoms with van der Waals surface area (Å²) in [6.45, 7) is 2.54. The van der Waals surface area contributed by atoms with Crippen molar-refractivity contribution in [2.24, 2.45) is 0 Å². The standard InChI is InChI=1S/C12H16O4S/c1-3-17-8-7-16-11-9(12(13)14)5-4-6-10(11)15-2/h4-6H,3,7-8H2,1-2H3,(H,13,14). The molecule has 0 atom stereocenters. The molecule has 17 heavy (non-hydrogen) atoms. The van der Waals surface area contributed by atoms with Gasteiger partial charge in [0.25, 0.3) is 0 Å². The van der Waals surface area contributed by atoms with Crippen molar-refractivity contribution in [2.45, 2.75) is 6.92 Å². The average molecular weight is 256 g/mol. The second kappa shape index (κ2) is 7.06. The first kappa shape index (κ1) is 13.7. The number of methoxy groups -OCH3 is 1. The summed E-state index contributed by atoms with van der Waals surface area (Å²) in [6.07, 6.45) is 0. The van der Waals surface area contributed by atoms with Gasteiger partial charge in [0.15, 0.2) is 11.5 Å². The van der Waals surface area contributed by atoms with Crippen LogP contribution in [0.15, 0.2) is 18.2 Å². The van der Waals surface area contributed by atoms with E-state index in [0.717, 1.165) is 11.5 Å². The van der Waals surface area contributed by atoms with Crippen molar-refractivity contribution in [3.05, 3.63) is 23.8 Å². The van der Waals surface area contributed by atoms with Crippen LogP contribution in [0, 0.1) is 0 Å². The van der Waals surface area contributed by atoms with E-state index in [-0.39, 0.29) is 5.56 Å². The van der Waals surface area contributed by atoms with Gasteiger partial charge in [-0.3, -0.25) is 0 Å². The molecule has 5 heteroatoms. The van der Waals surface area contributed by atoms with E-state index < -0.39 is 5.97 Å². The van der Waals surface area contributed by atoms with Gasteiger partial charge < -0.3 is 14.6 Å². The van der Waals surface area contributed by atoms with Crippen molar-refractivity contribution >= 4 is 17.7 Å². The first-order chi connectivity index (χ1) is 8.20. The number of carboxylic acid groups (broad SMARTS) is 1. The molecule has 0 aliphatic carbocycles. The largest absolute Gasteiger partial charge is 0.493 e. The number of aromatic carboxylic acids is 1. The molecule has 0 unspecified atom stereocenters. The van der Waals surface area contributed by atoms with Gasteiger partial charge in [0.1, 0.15) is 5.56 Å². The third-order valence-corrected chi connectivity index (χ3v) is 2.97. The van der Waals surface area contributed by atoms with Gasteiger partial charge in [0, 0.05) is 5.75 Å². The summed E-state index contributed by atoms with van der Waals surface area (Å²) in [6, 6.07) is 4.83. The zero-order chi connectivity index (χ0) is 12.7. The number of rotatable bonds is 7. The maximum Gasteiger partial charge on any atom is 0.339 e. The fourth-order valence-corrected chi connectivity index (χ4v) is 1.83. The van der Waals surface area contributed by atoms with E-state index in [1.54, 1.807) is 23.9 Å². The van der Waals surface area contributed by atoms with Crippen molar-refractivity contribution in [2.75, 3.05) is 25.2 Å². The van der Waals surface area contributed by atoms with E-state index in [9.17, 15) is 4.79 Å². The Morgan fingerprint density at radius 2 is 2.24 bits per heavy atom. The molecule has 0 aromatic heterocycles. The quantitative estimate of drug-likeness (QED) is 0.760. The maximum atomic E-state index is 11.0. The second-order valence-electron chi connectivity index (χ2n) is 3.19. The first-order valence-corrected chi connectivity index (χ1v) is 6.47. The summed E-state index contributed by atoms with van der Waals surface area (Å²) in [4.78, 5) is 11.0. The van der Waals surface area contributed by atoms with Crippen molar-refractivity contribution in [1.29, 1.82) is 0 Å². The Morgan fingerprint density at radius 3 is 2.82 bits per heavy atom. The molecule has 1 rings (SSSR count). The Morgan fingerprint density at radius 1 is 1.47 bits per heavy atom. The lowest BCUT2D eigenvalue weighted by atomic mass is 10.2. The SMILES string of the molecule is CCSCCOc1c(OC)cccc1C(=O)O. The van der Waals surface area contributed by atoms with Gasteiger partial charge in [-0.1, -0.05) is 13.0 Å². The van der Waals surface area contributed by atoms with E-state index in [4.69, 9.17) is 14.6 Å². The Labute approximate surface area is 105 Å². The molecule has 1 aromatic carbocycles. The number of thioether (sulfide) groups is 1. The molecule has 0 saturated carbocycles. The summed E-state index contributed by atoms with van der Waals surface area (Å²) in [5, 5.41) is 9.05. The Hall–Kier alpha value is -1.36. The number of hydrogen-bond donors (Lipinski definition) is 1. The highest BCUT2D eigenvalue weighted by Gasteiger charge is 2.15. The van der Waals surface area contributed by atoms with Gasteiger partial charge in [0.05, 0.1) is 13.7 Å². The van der Waals surface area contributed by atoms with E-state index in [0.29, 0.717) is 18.1 Å². The van der Waals surface area contributed by atoms with Crippen LogP contribution < -0.4 is 9.47 Å². The average Bonchev–Trinajstić information content (AvgIpc) is 2.34. The number of ether oxygens (including phenoxy) is 2. The van der Waals surface area contributed by atoms with Crippen LogP contribution in [0.3, 0.4) is 0 Å². The minimum atomic E-state index is -1.01. The van der Waals surface area contributed by atoms with Gasteiger partial charge in [-0.15, -0.1) is 0 Å². The van der Waals surface area contributed by atoms with E-state index in [1.807, 2.05) is 0 Å². The Balaban J connectivity index is 2.82. The summed E-state index contributed by atoms with van der Waals surface area (Å²) in [5.74, 6) is 1.59. The van der Waals surface area contributed by atoms with Crippen molar-refractivity contribution in [3.8, 4) is 11.5 Å². The van der Waals surface area contributed by atoms with E-state index in [2.05, 4.69) is 6.92 Å². The van der Waals surface area contributed by atoms with Crippen molar-refractivity contribution < 1.29 is 19.4 Å². The number of para-hydroxylation sites is 1. The smallest absolute Gasteiger partial charge is 0.339 e. The molecule has 4 nitrogen and oxygen atoms in total. The molecule has 0 heterocycles. The van der Waals surface area contributed by atoms with Crippen LogP contribution in [-0.2, 0) is 0 Å². The van der Waals surface area contributed by atoms with Crippen molar-refractivity contribution in [3.63, 3.8) is 0 Å². The highest BCUT2D eigenvalue weighted by molar-refractivity contribution is 7.99. The summed E-state index contributed by atoms with van der Waals surface area (Å²) in [7, 11) is 1.49. The lowest BCUT2D eigenvalue weighted by Gasteiger charge is -2.12. The predicted octanol–water partition coefficient (Wildman–Crippen LogP) is 2.53. The minimum Gasteiger partial charge on any atom is -0.493 e. The van der Waals surface area contributed by atoms with E-state index in [1.165, 1.54) is 13.2 Å². The molecule has 0 spiro atoms. The van der Waals surface area contributed by atoms with Crippen LogP contribution in [0.5, 0.6) is 11.5 Å². The van der Waals surface area contributed by atoms with Crippen LogP contribution in [0.1, 0.15) is 17.3 Å². The van der Waals surface area contributed by atoms with Crippen LogP contribution in [0.25, 0.3) is 0 Å². The third kappa shape index (κ3) is 3.85. The number of benzene rings is 1. The molecule has 0 aliphatic heterocycles. The van der Waals surface area contributed by atoms with Gasteiger partial charge in [-0.2, -0.15) is 11.8 Å². The van der Waals surface area contributed by atoms with Crippen LogP contribution >= 0.6 is 11.8 Å². The van der Waals surface area contributed by atoms with Gasteiger partial charge in [-0.25, -0.2) is 4.79 Å². The molecular weight excluding hydrogens is 240 g/mol. The highest BCUT2D eigenvalue weighted by atomic mass is 32.2. The summed E-state index contributed by atoms with van der Waals surface area (Å²) < 4.78 is 10.6. The second-order valence-corrected chi connectivity index (χ2v) is 4.58. The summed E-state index contributed by atoms with van der Waals surface area (Å²) >= 11 is 1.74. The molecule has 0 amide bonds. The molecule has 0 aliphatic rings. The summed E-state index contributed by atoms with van der Waals surface area (Å²) in [5.41, 5.74) is 0.130. The van der Waals surface area contributed by atoms with Crippen LogP contribution in [0.2, 0.25) is 0 Å². The predicted molar refractivity (Wildman–Crippen MR) is 68.4 cm³/mol. The monoisotopic (exact) mass is 256 g/mol. The molecule has 0 radical (unpaired) electrons. The maximum absolute atomic E-state index is 11.0. The lowest BCUT2D eigenvalue weighted by molar-refractivity contribution is 0.0691. The number of carbonyl (C=O) groups is 1. The number of hydrogen-bond acceptors (Lipinski definition) is 4. The molecule has 94 valence electrons. The molecular formula is C12H16O4S. The molecule has 1 N–H and O–H groups in total. The van der Waals surface area contributed by atoms with Crippen molar-refractivity contribution in [1.82, 2.24) is 0 Å². The van der Waals surface area contributed by atoms with Crippen LogP contribution in [-0.4, -0.2) is 36.3 Å². The molecule has 0 bridgehead atoms. The molecule has 1 aromatic rings. The molecule has 0 fully saturated rings.